The topological polar surface area (TPSA) is 12.5 Å². The minimum absolute atomic E-state index is 0.900. The SMILES string of the molecule is C/C=C(/C)CN1CCOCC1. The fourth-order valence-electron chi connectivity index (χ4n) is 1.20. The second-order valence-electron chi connectivity index (χ2n) is 3.02. The summed E-state index contributed by atoms with van der Waals surface area (Å²) in [7, 11) is 0. The lowest BCUT2D eigenvalue weighted by Crippen LogP contribution is -2.37. The van der Waals surface area contributed by atoms with E-state index in [9.17, 15) is 0 Å². The predicted octanol–water partition coefficient (Wildman–Crippen LogP) is 1.28. The molecular formula is C9H17NO. The molecule has 0 aromatic rings. The van der Waals surface area contributed by atoms with E-state index in [1.165, 1.54) is 5.57 Å². The van der Waals surface area contributed by atoms with Gasteiger partial charge in [-0.15, -0.1) is 0 Å². The maximum absolute atomic E-state index is 5.25. The summed E-state index contributed by atoms with van der Waals surface area (Å²) in [6, 6.07) is 0. The molecule has 1 rings (SSSR count). The Hall–Kier alpha value is -0.340. The molecule has 2 nitrogen and oxygen atoms in total. The van der Waals surface area contributed by atoms with Crippen molar-refractivity contribution in [2.45, 2.75) is 13.8 Å². The Labute approximate surface area is 68.8 Å². The first-order valence-corrected chi connectivity index (χ1v) is 4.25. The van der Waals surface area contributed by atoms with Gasteiger partial charge in [-0.3, -0.25) is 4.90 Å². The molecule has 0 amide bonds. The zero-order chi connectivity index (χ0) is 8.10. The second-order valence-corrected chi connectivity index (χ2v) is 3.02. The van der Waals surface area contributed by atoms with Crippen LogP contribution in [0.3, 0.4) is 0 Å². The molecule has 64 valence electrons. The number of hydrogen-bond acceptors (Lipinski definition) is 2. The lowest BCUT2D eigenvalue weighted by atomic mass is 10.2. The van der Waals surface area contributed by atoms with E-state index >= 15 is 0 Å². The summed E-state index contributed by atoms with van der Waals surface area (Å²) in [6.45, 7) is 9.36. The summed E-state index contributed by atoms with van der Waals surface area (Å²) in [4.78, 5) is 2.43. The van der Waals surface area contributed by atoms with Gasteiger partial charge in [0.2, 0.25) is 0 Å². The minimum atomic E-state index is 0.900. The summed E-state index contributed by atoms with van der Waals surface area (Å²) >= 11 is 0. The van der Waals surface area contributed by atoms with Crippen molar-refractivity contribution >= 4 is 0 Å². The van der Waals surface area contributed by atoms with E-state index in [2.05, 4.69) is 24.8 Å². The number of hydrogen-bond donors (Lipinski definition) is 0. The fourth-order valence-corrected chi connectivity index (χ4v) is 1.20. The number of allylic oxidation sites excluding steroid dienone is 1. The van der Waals surface area contributed by atoms with Crippen LogP contribution in [-0.4, -0.2) is 37.7 Å². The molecule has 0 aromatic heterocycles. The third-order valence-corrected chi connectivity index (χ3v) is 2.07. The van der Waals surface area contributed by atoms with Crippen LogP contribution in [0.2, 0.25) is 0 Å². The molecule has 1 fully saturated rings. The highest BCUT2D eigenvalue weighted by molar-refractivity contribution is 4.98. The Balaban J connectivity index is 2.24. The van der Waals surface area contributed by atoms with E-state index in [-0.39, 0.29) is 0 Å². The quantitative estimate of drug-likeness (QED) is 0.557. The van der Waals surface area contributed by atoms with Crippen molar-refractivity contribution in [1.29, 1.82) is 0 Å². The number of nitrogens with zero attached hydrogens (tertiary/aromatic N) is 1. The van der Waals surface area contributed by atoms with Gasteiger partial charge in [-0.25, -0.2) is 0 Å². The summed E-state index contributed by atoms with van der Waals surface area (Å²) in [5.41, 5.74) is 1.45. The van der Waals surface area contributed by atoms with Crippen LogP contribution in [0.25, 0.3) is 0 Å². The first kappa shape index (κ1) is 8.75. The highest BCUT2D eigenvalue weighted by Crippen LogP contribution is 2.01. The number of ether oxygens (including phenoxy) is 1. The van der Waals surface area contributed by atoms with E-state index in [4.69, 9.17) is 4.74 Å². The maximum atomic E-state index is 5.25. The summed E-state index contributed by atoms with van der Waals surface area (Å²) in [6.07, 6.45) is 2.18. The largest absolute Gasteiger partial charge is 0.379 e. The first-order valence-electron chi connectivity index (χ1n) is 4.25. The van der Waals surface area contributed by atoms with Crippen molar-refractivity contribution in [3.63, 3.8) is 0 Å². The van der Waals surface area contributed by atoms with Crippen LogP contribution in [0, 0.1) is 0 Å². The Kier molecular flexibility index (Phi) is 3.60. The Bertz CT molecular complexity index is 136. The maximum Gasteiger partial charge on any atom is 0.0594 e. The summed E-state index contributed by atoms with van der Waals surface area (Å²) < 4.78 is 5.25. The second kappa shape index (κ2) is 4.52. The summed E-state index contributed by atoms with van der Waals surface area (Å²) in [5.74, 6) is 0. The fraction of sp³-hybridized carbons (Fsp3) is 0.778. The van der Waals surface area contributed by atoms with Gasteiger partial charge >= 0.3 is 0 Å². The molecule has 1 heterocycles. The van der Waals surface area contributed by atoms with E-state index in [0.717, 1.165) is 32.8 Å². The van der Waals surface area contributed by atoms with Gasteiger partial charge in [-0.1, -0.05) is 11.6 Å². The number of rotatable bonds is 2. The zero-order valence-electron chi connectivity index (χ0n) is 7.47. The van der Waals surface area contributed by atoms with Gasteiger partial charge < -0.3 is 4.74 Å². The van der Waals surface area contributed by atoms with Crippen molar-refractivity contribution in [3.8, 4) is 0 Å². The van der Waals surface area contributed by atoms with Crippen molar-refractivity contribution < 1.29 is 4.74 Å². The van der Waals surface area contributed by atoms with Crippen LogP contribution in [-0.2, 0) is 4.74 Å². The van der Waals surface area contributed by atoms with Crippen LogP contribution in [0.15, 0.2) is 11.6 Å². The normalized spacial score (nSPS) is 22.2. The van der Waals surface area contributed by atoms with Gasteiger partial charge in [0.05, 0.1) is 13.2 Å². The standard InChI is InChI=1S/C9H17NO/c1-3-9(2)8-10-4-6-11-7-5-10/h3H,4-8H2,1-2H3/b9-3-. The van der Waals surface area contributed by atoms with E-state index < -0.39 is 0 Å². The molecule has 0 aliphatic carbocycles. The Morgan fingerprint density at radius 2 is 2.09 bits per heavy atom. The van der Waals surface area contributed by atoms with E-state index in [0.29, 0.717) is 0 Å². The Morgan fingerprint density at radius 1 is 1.45 bits per heavy atom. The van der Waals surface area contributed by atoms with Crippen molar-refractivity contribution in [3.05, 3.63) is 11.6 Å². The average Bonchev–Trinajstić information content (AvgIpc) is 2.06. The predicted molar refractivity (Wildman–Crippen MR) is 46.7 cm³/mol. The molecule has 0 radical (unpaired) electrons. The van der Waals surface area contributed by atoms with Gasteiger partial charge in [-0.05, 0) is 13.8 Å². The molecule has 0 bridgehead atoms. The molecule has 2 heteroatoms. The first-order chi connectivity index (χ1) is 5.33. The highest BCUT2D eigenvalue weighted by atomic mass is 16.5. The molecule has 0 atom stereocenters. The highest BCUT2D eigenvalue weighted by Gasteiger charge is 2.09. The molecule has 0 unspecified atom stereocenters. The molecule has 11 heavy (non-hydrogen) atoms. The van der Waals surface area contributed by atoms with Gasteiger partial charge in [0.15, 0.2) is 0 Å². The molecule has 0 N–H and O–H groups in total. The van der Waals surface area contributed by atoms with Gasteiger partial charge in [0.1, 0.15) is 0 Å². The molecule has 1 aliphatic heterocycles. The molecule has 0 saturated carbocycles. The van der Waals surface area contributed by atoms with Crippen LogP contribution >= 0.6 is 0 Å². The average molecular weight is 155 g/mol. The Morgan fingerprint density at radius 3 is 2.64 bits per heavy atom. The summed E-state index contributed by atoms with van der Waals surface area (Å²) in [5, 5.41) is 0. The van der Waals surface area contributed by atoms with Crippen molar-refractivity contribution in [1.82, 2.24) is 4.90 Å². The lowest BCUT2D eigenvalue weighted by Gasteiger charge is -2.26. The minimum Gasteiger partial charge on any atom is -0.379 e. The van der Waals surface area contributed by atoms with Crippen LogP contribution < -0.4 is 0 Å². The van der Waals surface area contributed by atoms with Crippen molar-refractivity contribution in [2.75, 3.05) is 32.8 Å². The lowest BCUT2D eigenvalue weighted by molar-refractivity contribution is 0.0423. The third kappa shape index (κ3) is 3.04. The van der Waals surface area contributed by atoms with Gasteiger partial charge in [-0.2, -0.15) is 0 Å². The van der Waals surface area contributed by atoms with E-state index in [1.54, 1.807) is 0 Å². The smallest absolute Gasteiger partial charge is 0.0594 e. The van der Waals surface area contributed by atoms with Crippen LogP contribution in [0.1, 0.15) is 13.8 Å². The van der Waals surface area contributed by atoms with Crippen LogP contribution in [0.5, 0.6) is 0 Å². The van der Waals surface area contributed by atoms with E-state index in [1.807, 2.05) is 0 Å². The third-order valence-electron chi connectivity index (χ3n) is 2.07. The zero-order valence-corrected chi connectivity index (χ0v) is 7.47. The van der Waals surface area contributed by atoms with Gasteiger partial charge in [0, 0.05) is 19.6 Å². The van der Waals surface area contributed by atoms with Crippen LogP contribution in [0.4, 0.5) is 0 Å². The molecule has 1 aliphatic rings. The monoisotopic (exact) mass is 155 g/mol. The van der Waals surface area contributed by atoms with Gasteiger partial charge in [0.25, 0.3) is 0 Å². The molecule has 0 aromatic carbocycles. The number of morpholine rings is 1. The molecule has 0 spiro atoms. The molecule has 1 saturated heterocycles. The van der Waals surface area contributed by atoms with Crippen molar-refractivity contribution in [2.24, 2.45) is 0 Å². The molecular weight excluding hydrogens is 138 g/mol.